The Labute approximate surface area is 174 Å². The van der Waals surface area contributed by atoms with Gasteiger partial charge < -0.3 is 9.80 Å². The summed E-state index contributed by atoms with van der Waals surface area (Å²) < 4.78 is 27.5. The minimum absolute atomic E-state index is 0.0149. The van der Waals surface area contributed by atoms with Crippen LogP contribution in [0, 0.1) is 0 Å². The van der Waals surface area contributed by atoms with Gasteiger partial charge in [0.1, 0.15) is 0 Å². The van der Waals surface area contributed by atoms with Crippen LogP contribution in [-0.4, -0.2) is 43.7 Å². The average molecular weight is 428 g/mol. The van der Waals surface area contributed by atoms with E-state index < -0.39 is 10.0 Å². The molecule has 0 unspecified atom stereocenters. The van der Waals surface area contributed by atoms with E-state index >= 15 is 0 Å². The highest BCUT2D eigenvalue weighted by atomic mass is 32.2. The van der Waals surface area contributed by atoms with Crippen LogP contribution in [0.25, 0.3) is 0 Å². The molecule has 0 fully saturated rings. The van der Waals surface area contributed by atoms with E-state index in [0.717, 1.165) is 29.8 Å². The van der Waals surface area contributed by atoms with Crippen molar-refractivity contribution in [2.75, 3.05) is 24.2 Å². The first-order valence-electron chi connectivity index (χ1n) is 9.70. The molecule has 0 saturated heterocycles. The van der Waals surface area contributed by atoms with E-state index in [0.29, 0.717) is 17.3 Å². The molecular formula is C21H21N3O3S2. The third-order valence-electron chi connectivity index (χ3n) is 5.85. The van der Waals surface area contributed by atoms with Crippen LogP contribution in [0.1, 0.15) is 40.4 Å². The molecule has 1 atom stereocenters. The summed E-state index contributed by atoms with van der Waals surface area (Å²) in [5.74, 6) is -0.00406. The number of fused-ring (bicyclic) bond motifs is 4. The lowest BCUT2D eigenvalue weighted by Gasteiger charge is -2.33. The highest BCUT2D eigenvalue weighted by Gasteiger charge is 2.34. The van der Waals surface area contributed by atoms with Gasteiger partial charge in [-0.1, -0.05) is 24.3 Å². The summed E-state index contributed by atoms with van der Waals surface area (Å²) in [4.78, 5) is 17.9. The molecule has 3 aliphatic rings. The number of carbonyl (C=O) groups is 1. The Bertz CT molecular complexity index is 1140. The van der Waals surface area contributed by atoms with Crippen LogP contribution in [0.5, 0.6) is 0 Å². The fourth-order valence-corrected chi connectivity index (χ4v) is 6.64. The number of thioether (sulfide) groups is 1. The van der Waals surface area contributed by atoms with Crippen molar-refractivity contribution >= 4 is 38.5 Å². The molecule has 1 aliphatic carbocycles. The Kier molecular flexibility index (Phi) is 4.43. The highest BCUT2D eigenvalue weighted by Crippen LogP contribution is 2.43. The lowest BCUT2D eigenvalue weighted by Crippen LogP contribution is -2.35. The summed E-state index contributed by atoms with van der Waals surface area (Å²) in [7, 11) is -1.52. The fraction of sp³-hybridized carbons (Fsp3) is 0.333. The number of amides is 1. The molecule has 150 valence electrons. The number of anilines is 1. The smallest absolute Gasteiger partial charge is 0.257 e. The van der Waals surface area contributed by atoms with Crippen molar-refractivity contribution in [2.24, 2.45) is 4.40 Å². The van der Waals surface area contributed by atoms with E-state index in [4.69, 9.17) is 0 Å². The van der Waals surface area contributed by atoms with Gasteiger partial charge >= 0.3 is 0 Å². The number of hydrogen-bond donors (Lipinski definition) is 0. The quantitative estimate of drug-likeness (QED) is 0.734. The lowest BCUT2D eigenvalue weighted by atomic mass is 9.87. The van der Waals surface area contributed by atoms with Crippen molar-refractivity contribution in [3.63, 3.8) is 0 Å². The zero-order chi connectivity index (χ0) is 20.2. The second kappa shape index (κ2) is 6.88. The first kappa shape index (κ1) is 18.7. The van der Waals surface area contributed by atoms with E-state index in [1.807, 2.05) is 41.1 Å². The van der Waals surface area contributed by atoms with Crippen molar-refractivity contribution in [3.05, 3.63) is 59.2 Å². The molecule has 0 N–H and O–H groups in total. The Morgan fingerprint density at radius 1 is 1.24 bits per heavy atom. The molecule has 8 heteroatoms. The van der Waals surface area contributed by atoms with E-state index in [-0.39, 0.29) is 17.7 Å². The first-order chi connectivity index (χ1) is 13.9. The maximum atomic E-state index is 13.2. The maximum Gasteiger partial charge on any atom is 0.257 e. The summed E-state index contributed by atoms with van der Waals surface area (Å²) in [6.45, 7) is 0.396. The normalized spacial score (nSPS) is 21.6. The van der Waals surface area contributed by atoms with E-state index in [1.165, 1.54) is 22.9 Å². The van der Waals surface area contributed by atoms with Gasteiger partial charge in [0.15, 0.2) is 5.17 Å². The number of rotatable bonds is 2. The van der Waals surface area contributed by atoms with Gasteiger partial charge in [0.2, 0.25) is 0 Å². The number of carbonyl (C=O) groups excluding carboxylic acids is 1. The van der Waals surface area contributed by atoms with Gasteiger partial charge in [-0.2, -0.15) is 0 Å². The summed E-state index contributed by atoms with van der Waals surface area (Å²) in [5, 5.41) is 0.477. The molecule has 29 heavy (non-hydrogen) atoms. The number of hydrogen-bond acceptors (Lipinski definition) is 5. The molecule has 0 saturated carbocycles. The van der Waals surface area contributed by atoms with Crippen molar-refractivity contribution < 1.29 is 13.2 Å². The Hall–Kier alpha value is -2.32. The predicted molar refractivity (Wildman–Crippen MR) is 115 cm³/mol. The lowest BCUT2D eigenvalue weighted by molar-refractivity contribution is 0.0715. The SMILES string of the molecule is CN(C(=O)c1ccc2c(c1)SC1=NS(=O)(=O)CCN12)[C@H]1CCCc2ccccc21. The van der Waals surface area contributed by atoms with Crippen LogP contribution in [0.15, 0.2) is 51.8 Å². The molecule has 2 heterocycles. The largest absolute Gasteiger partial charge is 0.335 e. The second-order valence-corrected chi connectivity index (χ2v) is 10.4. The van der Waals surface area contributed by atoms with Crippen molar-refractivity contribution in [1.29, 1.82) is 0 Å². The molecule has 0 aromatic heterocycles. The molecule has 0 radical (unpaired) electrons. The van der Waals surface area contributed by atoms with Crippen LogP contribution >= 0.6 is 11.8 Å². The standard InChI is InChI=1S/C21H21N3O3S2/c1-23(17-8-4-6-14-5-2-3-7-16(14)17)20(25)15-9-10-18-19(13-15)28-21-22-29(26,27)12-11-24(18)21/h2-3,5,7,9-10,13,17H,4,6,8,11-12H2,1H3/t17-/m0/s1. The number of nitrogens with zero attached hydrogens (tertiary/aromatic N) is 3. The van der Waals surface area contributed by atoms with Crippen LogP contribution in [0.2, 0.25) is 0 Å². The van der Waals surface area contributed by atoms with Gasteiger partial charge in [-0.15, -0.1) is 4.40 Å². The highest BCUT2D eigenvalue weighted by molar-refractivity contribution is 8.15. The van der Waals surface area contributed by atoms with Crippen molar-refractivity contribution in [2.45, 2.75) is 30.2 Å². The molecule has 2 aromatic rings. The van der Waals surface area contributed by atoms with Gasteiger partial charge in [-0.25, -0.2) is 8.42 Å². The number of sulfonamides is 1. The monoisotopic (exact) mass is 427 g/mol. The van der Waals surface area contributed by atoms with E-state index in [2.05, 4.69) is 22.6 Å². The van der Waals surface area contributed by atoms with Crippen LogP contribution in [0.3, 0.4) is 0 Å². The molecule has 0 bridgehead atoms. The fourth-order valence-electron chi connectivity index (χ4n) is 4.34. The number of benzene rings is 2. The number of aryl methyl sites for hydroxylation is 1. The van der Waals surface area contributed by atoms with Crippen molar-refractivity contribution in [3.8, 4) is 0 Å². The molecule has 1 amide bonds. The maximum absolute atomic E-state index is 13.2. The zero-order valence-corrected chi connectivity index (χ0v) is 17.7. The van der Waals surface area contributed by atoms with Crippen LogP contribution in [-0.2, 0) is 16.4 Å². The molecule has 6 nitrogen and oxygen atoms in total. The summed E-state index contributed by atoms with van der Waals surface area (Å²) >= 11 is 1.32. The number of amidine groups is 1. The second-order valence-electron chi connectivity index (χ2n) is 7.62. The molecule has 0 spiro atoms. The predicted octanol–water partition coefficient (Wildman–Crippen LogP) is 3.45. The van der Waals surface area contributed by atoms with Crippen LogP contribution in [0.4, 0.5) is 5.69 Å². The van der Waals surface area contributed by atoms with Crippen LogP contribution < -0.4 is 4.90 Å². The molecular weight excluding hydrogens is 406 g/mol. The third kappa shape index (κ3) is 3.24. The summed E-state index contributed by atoms with van der Waals surface area (Å²) in [5.41, 5.74) is 4.10. The summed E-state index contributed by atoms with van der Waals surface area (Å²) in [6, 6.07) is 14.0. The van der Waals surface area contributed by atoms with Gasteiger partial charge in [0, 0.05) is 24.1 Å². The topological polar surface area (TPSA) is 70.0 Å². The third-order valence-corrected chi connectivity index (χ3v) is 8.15. The Morgan fingerprint density at radius 3 is 2.93 bits per heavy atom. The van der Waals surface area contributed by atoms with E-state index in [1.54, 1.807) is 0 Å². The van der Waals surface area contributed by atoms with Gasteiger partial charge in [0.25, 0.3) is 15.9 Å². The Balaban J connectivity index is 1.43. The first-order valence-corrected chi connectivity index (χ1v) is 12.1. The Morgan fingerprint density at radius 2 is 2.07 bits per heavy atom. The van der Waals surface area contributed by atoms with E-state index in [9.17, 15) is 13.2 Å². The average Bonchev–Trinajstić information content (AvgIpc) is 3.07. The minimum atomic E-state index is -3.39. The summed E-state index contributed by atoms with van der Waals surface area (Å²) in [6.07, 6.45) is 3.09. The van der Waals surface area contributed by atoms with Gasteiger partial charge in [-0.3, -0.25) is 4.79 Å². The molecule has 2 aliphatic heterocycles. The van der Waals surface area contributed by atoms with Crippen molar-refractivity contribution in [1.82, 2.24) is 4.90 Å². The molecule has 5 rings (SSSR count). The zero-order valence-electron chi connectivity index (χ0n) is 16.0. The molecule has 2 aromatic carbocycles. The minimum Gasteiger partial charge on any atom is -0.335 e. The van der Waals surface area contributed by atoms with Gasteiger partial charge in [-0.05, 0) is 60.4 Å². The van der Waals surface area contributed by atoms with Gasteiger partial charge in [0.05, 0.1) is 17.5 Å².